The number of hydrogen-bond acceptors (Lipinski definition) is 3. The van der Waals surface area contributed by atoms with Gasteiger partial charge in [0.05, 0.1) is 0 Å². The van der Waals surface area contributed by atoms with Crippen molar-refractivity contribution in [2.45, 2.75) is 25.2 Å². The van der Waals surface area contributed by atoms with Gasteiger partial charge >= 0.3 is 0 Å². The van der Waals surface area contributed by atoms with Crippen LogP contribution in [0.25, 0.3) is 0 Å². The number of carbonyl (C=O) groups excluding carboxylic acids is 3. The molecule has 0 aromatic heterocycles. The van der Waals surface area contributed by atoms with Crippen molar-refractivity contribution in [3.63, 3.8) is 0 Å². The van der Waals surface area contributed by atoms with Crippen LogP contribution < -0.4 is 0 Å². The van der Waals surface area contributed by atoms with E-state index in [0.29, 0.717) is 11.1 Å². The maximum atomic E-state index is 14.2. The summed E-state index contributed by atoms with van der Waals surface area (Å²) in [6.07, 6.45) is 0.168. The minimum absolute atomic E-state index is 0.0769. The van der Waals surface area contributed by atoms with Gasteiger partial charge in [-0.3, -0.25) is 14.4 Å². The number of halogens is 2. The van der Waals surface area contributed by atoms with Crippen LogP contribution in [0.2, 0.25) is 0 Å². The van der Waals surface area contributed by atoms with Crippen molar-refractivity contribution in [3.8, 4) is 0 Å². The lowest BCUT2D eigenvalue weighted by atomic mass is 9.51. The van der Waals surface area contributed by atoms with Crippen LogP contribution in [0, 0.1) is 11.3 Å². The fourth-order valence-electron chi connectivity index (χ4n) is 5.67. The molecule has 0 aliphatic heterocycles. The third-order valence-electron chi connectivity index (χ3n) is 7.12. The smallest absolute Gasteiger partial charge is 0.178 e. The first kappa shape index (κ1) is 21.5. The van der Waals surface area contributed by atoms with Gasteiger partial charge in [0.25, 0.3) is 0 Å². The van der Waals surface area contributed by atoms with E-state index in [1.54, 1.807) is 24.3 Å². The summed E-state index contributed by atoms with van der Waals surface area (Å²) < 4.78 is 1.81. The molecule has 0 bridgehead atoms. The predicted molar refractivity (Wildman–Crippen MR) is 130 cm³/mol. The van der Waals surface area contributed by atoms with Crippen molar-refractivity contribution in [2.24, 2.45) is 11.3 Å². The summed E-state index contributed by atoms with van der Waals surface area (Å²) in [4.78, 5) is 41.7. The van der Waals surface area contributed by atoms with Crippen LogP contribution >= 0.6 is 31.9 Å². The molecule has 3 nitrogen and oxygen atoms in total. The molecular formula is C27H20Br2O3. The highest BCUT2D eigenvalue weighted by molar-refractivity contribution is 9.10. The molecule has 0 amide bonds. The summed E-state index contributed by atoms with van der Waals surface area (Å²) in [5.74, 6) is -1.78. The molecule has 1 fully saturated rings. The Hall–Kier alpha value is -2.37. The fraction of sp³-hybridized carbons (Fsp3) is 0.222. The standard InChI is InChI=1S/C27H20Br2O3/c1-15-23(30)14-22(16-6-10-18(28)11-7-16)27(24(15)17-8-12-19(29)13-9-17)25(31)20-4-2-3-5-21(20)26(27)32/h2-13,15,22,24H,14H2,1H3/t15-,22-,24-/m0/s1. The van der Waals surface area contributed by atoms with Crippen LogP contribution in [-0.4, -0.2) is 17.3 Å². The molecule has 2 aliphatic carbocycles. The van der Waals surface area contributed by atoms with Gasteiger partial charge in [0.2, 0.25) is 0 Å². The van der Waals surface area contributed by atoms with Crippen LogP contribution in [0.5, 0.6) is 0 Å². The molecule has 3 atom stereocenters. The summed E-state index contributed by atoms with van der Waals surface area (Å²) in [6, 6.07) is 22.4. The summed E-state index contributed by atoms with van der Waals surface area (Å²) in [6.45, 7) is 1.86. The number of fused-ring (bicyclic) bond motifs is 1. The largest absolute Gasteiger partial charge is 0.299 e. The van der Waals surface area contributed by atoms with Gasteiger partial charge in [-0.1, -0.05) is 87.3 Å². The van der Waals surface area contributed by atoms with Crippen molar-refractivity contribution in [1.82, 2.24) is 0 Å². The molecule has 5 rings (SSSR count). The van der Waals surface area contributed by atoms with Gasteiger partial charge in [0.1, 0.15) is 11.2 Å². The van der Waals surface area contributed by atoms with Crippen LogP contribution in [0.1, 0.15) is 57.0 Å². The second-order valence-electron chi connectivity index (χ2n) is 8.67. The molecule has 3 aromatic carbocycles. The molecule has 0 N–H and O–H groups in total. The molecule has 2 aliphatic rings. The summed E-state index contributed by atoms with van der Waals surface area (Å²) in [5, 5.41) is 0. The first-order chi connectivity index (χ1) is 15.4. The third-order valence-corrected chi connectivity index (χ3v) is 8.18. The molecule has 3 aromatic rings. The highest BCUT2D eigenvalue weighted by Crippen LogP contribution is 2.61. The van der Waals surface area contributed by atoms with E-state index in [2.05, 4.69) is 31.9 Å². The number of benzene rings is 3. The van der Waals surface area contributed by atoms with E-state index in [-0.39, 0.29) is 23.8 Å². The van der Waals surface area contributed by atoms with Crippen LogP contribution in [0.4, 0.5) is 0 Å². The lowest BCUT2D eigenvalue weighted by Crippen LogP contribution is -2.52. The Morgan fingerprint density at radius 3 is 1.69 bits per heavy atom. The van der Waals surface area contributed by atoms with E-state index >= 15 is 0 Å². The average molecular weight is 552 g/mol. The molecule has 0 unspecified atom stereocenters. The Balaban J connectivity index is 1.81. The monoisotopic (exact) mass is 550 g/mol. The molecule has 0 radical (unpaired) electrons. The molecule has 0 saturated heterocycles. The minimum atomic E-state index is -1.35. The lowest BCUT2D eigenvalue weighted by Gasteiger charge is -2.47. The summed E-state index contributed by atoms with van der Waals surface area (Å²) in [5.41, 5.74) is 1.25. The van der Waals surface area contributed by atoms with Gasteiger partial charge in [-0.25, -0.2) is 0 Å². The number of hydrogen-bond donors (Lipinski definition) is 0. The van der Waals surface area contributed by atoms with Crippen molar-refractivity contribution in [1.29, 1.82) is 0 Å². The SMILES string of the molecule is C[C@H]1C(=O)C[C@@H](c2ccc(Br)cc2)C2(C(=O)c3ccccc3C2=O)[C@@H]1c1ccc(Br)cc1. The maximum absolute atomic E-state index is 14.2. The Labute approximate surface area is 203 Å². The van der Waals surface area contributed by atoms with Gasteiger partial charge in [0, 0.05) is 44.2 Å². The predicted octanol–water partition coefficient (Wildman–Crippen LogP) is 6.75. The van der Waals surface area contributed by atoms with E-state index in [1.165, 1.54) is 0 Å². The van der Waals surface area contributed by atoms with Crippen molar-refractivity contribution < 1.29 is 14.4 Å². The van der Waals surface area contributed by atoms with Crippen LogP contribution in [-0.2, 0) is 4.79 Å². The molecule has 160 valence electrons. The number of rotatable bonds is 2. The zero-order chi connectivity index (χ0) is 22.6. The maximum Gasteiger partial charge on any atom is 0.178 e. The molecular weight excluding hydrogens is 532 g/mol. The number of carbonyl (C=O) groups is 3. The molecule has 0 heterocycles. The quantitative estimate of drug-likeness (QED) is 0.331. The molecule has 32 heavy (non-hydrogen) atoms. The molecule has 1 spiro atoms. The fourth-order valence-corrected chi connectivity index (χ4v) is 6.20. The Morgan fingerprint density at radius 1 is 0.719 bits per heavy atom. The topological polar surface area (TPSA) is 51.2 Å². The van der Waals surface area contributed by atoms with Gasteiger partial charge in [0.15, 0.2) is 11.6 Å². The van der Waals surface area contributed by atoms with Gasteiger partial charge in [-0.15, -0.1) is 0 Å². The minimum Gasteiger partial charge on any atom is -0.299 e. The normalized spacial score (nSPS) is 24.1. The Bertz CT molecular complexity index is 1210. The van der Waals surface area contributed by atoms with E-state index in [1.807, 2.05) is 55.5 Å². The van der Waals surface area contributed by atoms with Crippen molar-refractivity contribution in [3.05, 3.63) is 104 Å². The van der Waals surface area contributed by atoms with E-state index in [0.717, 1.165) is 20.1 Å². The third kappa shape index (κ3) is 3.01. The Kier molecular flexibility index (Phi) is 5.30. The van der Waals surface area contributed by atoms with Gasteiger partial charge < -0.3 is 0 Å². The lowest BCUT2D eigenvalue weighted by molar-refractivity contribution is -0.127. The number of ketones is 3. The molecule has 1 saturated carbocycles. The summed E-state index contributed by atoms with van der Waals surface area (Å²) >= 11 is 6.93. The molecule has 5 heteroatoms. The average Bonchev–Trinajstić information content (AvgIpc) is 3.01. The van der Waals surface area contributed by atoms with Crippen molar-refractivity contribution in [2.75, 3.05) is 0 Å². The zero-order valence-corrected chi connectivity index (χ0v) is 20.5. The van der Waals surface area contributed by atoms with Gasteiger partial charge in [-0.2, -0.15) is 0 Å². The van der Waals surface area contributed by atoms with Crippen LogP contribution in [0.3, 0.4) is 0 Å². The second kappa shape index (κ2) is 7.89. The number of Topliss-reactive ketones (excluding diaryl/α,β-unsaturated/α-hetero) is 3. The van der Waals surface area contributed by atoms with Crippen molar-refractivity contribution >= 4 is 49.2 Å². The first-order valence-corrected chi connectivity index (χ1v) is 12.2. The summed E-state index contributed by atoms with van der Waals surface area (Å²) in [7, 11) is 0. The van der Waals surface area contributed by atoms with E-state index in [4.69, 9.17) is 0 Å². The first-order valence-electron chi connectivity index (χ1n) is 10.6. The van der Waals surface area contributed by atoms with Gasteiger partial charge in [-0.05, 0) is 35.4 Å². The Morgan fingerprint density at radius 2 is 1.19 bits per heavy atom. The highest BCUT2D eigenvalue weighted by atomic mass is 79.9. The van der Waals surface area contributed by atoms with Crippen LogP contribution in [0.15, 0.2) is 81.7 Å². The van der Waals surface area contributed by atoms with E-state index in [9.17, 15) is 14.4 Å². The zero-order valence-electron chi connectivity index (χ0n) is 17.3. The highest BCUT2D eigenvalue weighted by Gasteiger charge is 2.66. The second-order valence-corrected chi connectivity index (χ2v) is 10.5. The van der Waals surface area contributed by atoms with E-state index < -0.39 is 23.2 Å².